The molecule has 1 heterocycles. The van der Waals surface area contributed by atoms with Crippen molar-refractivity contribution in [3.05, 3.63) is 51.2 Å². The second-order valence-corrected chi connectivity index (χ2v) is 4.70. The number of benzene rings is 1. The summed E-state index contributed by atoms with van der Waals surface area (Å²) in [6.07, 6.45) is 1.30. The van der Waals surface area contributed by atoms with E-state index in [9.17, 15) is 13.6 Å². The minimum absolute atomic E-state index is 0.0991. The van der Waals surface area contributed by atoms with E-state index in [4.69, 9.17) is 11.6 Å². The molecule has 98 valence electrons. The van der Waals surface area contributed by atoms with Crippen LogP contribution in [0.5, 0.6) is 0 Å². The lowest BCUT2D eigenvalue weighted by Crippen LogP contribution is -2.17. The smallest absolute Gasteiger partial charge is 0.263 e. The maximum atomic E-state index is 13.5. The summed E-state index contributed by atoms with van der Waals surface area (Å²) in [6, 6.07) is 3.37. The first-order valence-electron chi connectivity index (χ1n) is 4.92. The van der Waals surface area contributed by atoms with Crippen LogP contribution in [0.25, 0.3) is 0 Å². The average molecular weight is 349 g/mol. The molecular formula is C11H5BrClF2N3O. The SMILES string of the molecule is O=C(Nc1nccc(Cl)n1)c1c(F)cc(Br)cc1F. The van der Waals surface area contributed by atoms with Gasteiger partial charge in [0, 0.05) is 10.7 Å². The zero-order valence-corrected chi connectivity index (χ0v) is 11.5. The molecule has 19 heavy (non-hydrogen) atoms. The highest BCUT2D eigenvalue weighted by molar-refractivity contribution is 9.10. The van der Waals surface area contributed by atoms with Gasteiger partial charge < -0.3 is 0 Å². The van der Waals surface area contributed by atoms with Crippen LogP contribution < -0.4 is 5.32 Å². The maximum Gasteiger partial charge on any atom is 0.263 e. The van der Waals surface area contributed by atoms with Crippen LogP contribution in [0.15, 0.2) is 28.9 Å². The fourth-order valence-corrected chi connectivity index (χ4v) is 1.86. The predicted octanol–water partition coefficient (Wildman–Crippen LogP) is 3.42. The molecule has 8 heteroatoms. The topological polar surface area (TPSA) is 54.9 Å². The number of rotatable bonds is 2. The summed E-state index contributed by atoms with van der Waals surface area (Å²) in [5.41, 5.74) is -0.716. The average Bonchev–Trinajstić information content (AvgIpc) is 2.27. The molecule has 1 amide bonds. The van der Waals surface area contributed by atoms with E-state index in [-0.39, 0.29) is 15.6 Å². The van der Waals surface area contributed by atoms with Crippen molar-refractivity contribution in [3.8, 4) is 0 Å². The number of hydrogen-bond donors (Lipinski definition) is 1. The minimum Gasteiger partial charge on any atom is -0.290 e. The highest BCUT2D eigenvalue weighted by atomic mass is 79.9. The molecule has 0 aliphatic heterocycles. The first kappa shape index (κ1) is 13.8. The fourth-order valence-electron chi connectivity index (χ4n) is 1.32. The van der Waals surface area contributed by atoms with Crippen LogP contribution in [-0.2, 0) is 0 Å². The zero-order valence-electron chi connectivity index (χ0n) is 9.12. The molecule has 0 saturated carbocycles. The van der Waals surface area contributed by atoms with Gasteiger partial charge in [-0.15, -0.1) is 0 Å². The van der Waals surface area contributed by atoms with Gasteiger partial charge in [-0.2, -0.15) is 0 Å². The second kappa shape index (κ2) is 5.58. The Kier molecular flexibility index (Phi) is 4.06. The number of carbonyl (C=O) groups is 1. The van der Waals surface area contributed by atoms with E-state index < -0.39 is 23.1 Å². The first-order chi connectivity index (χ1) is 8.97. The number of aromatic nitrogens is 2. The van der Waals surface area contributed by atoms with Gasteiger partial charge in [0.1, 0.15) is 22.4 Å². The van der Waals surface area contributed by atoms with E-state index in [2.05, 4.69) is 31.2 Å². The van der Waals surface area contributed by atoms with Crippen LogP contribution in [-0.4, -0.2) is 15.9 Å². The van der Waals surface area contributed by atoms with Crippen molar-refractivity contribution in [1.82, 2.24) is 9.97 Å². The van der Waals surface area contributed by atoms with Gasteiger partial charge in [-0.1, -0.05) is 27.5 Å². The lowest BCUT2D eigenvalue weighted by Gasteiger charge is -2.06. The molecule has 0 aliphatic rings. The summed E-state index contributed by atoms with van der Waals surface area (Å²) in [7, 11) is 0. The summed E-state index contributed by atoms with van der Waals surface area (Å²) in [4.78, 5) is 19.1. The van der Waals surface area contributed by atoms with Gasteiger partial charge in [0.2, 0.25) is 5.95 Å². The highest BCUT2D eigenvalue weighted by Crippen LogP contribution is 2.20. The Morgan fingerprint density at radius 2 is 1.95 bits per heavy atom. The van der Waals surface area contributed by atoms with Gasteiger partial charge in [-0.25, -0.2) is 18.7 Å². The van der Waals surface area contributed by atoms with Gasteiger partial charge in [0.05, 0.1) is 0 Å². The Morgan fingerprint density at radius 1 is 1.32 bits per heavy atom. The number of halogens is 4. The summed E-state index contributed by atoms with van der Waals surface area (Å²) in [5.74, 6) is -3.12. The molecule has 2 rings (SSSR count). The van der Waals surface area contributed by atoms with Crippen LogP contribution >= 0.6 is 27.5 Å². The Morgan fingerprint density at radius 3 is 2.53 bits per heavy atom. The van der Waals surface area contributed by atoms with Crippen LogP contribution in [0.1, 0.15) is 10.4 Å². The van der Waals surface area contributed by atoms with Gasteiger partial charge >= 0.3 is 0 Å². The Bertz CT molecular complexity index is 631. The van der Waals surface area contributed by atoms with Gasteiger partial charge in [0.25, 0.3) is 5.91 Å². The van der Waals surface area contributed by atoms with Crippen LogP contribution in [0, 0.1) is 11.6 Å². The zero-order chi connectivity index (χ0) is 14.0. The summed E-state index contributed by atoms with van der Waals surface area (Å²) in [6.45, 7) is 0. The van der Waals surface area contributed by atoms with Crippen molar-refractivity contribution in [3.63, 3.8) is 0 Å². The lowest BCUT2D eigenvalue weighted by molar-refractivity contribution is 0.101. The molecule has 0 radical (unpaired) electrons. The minimum atomic E-state index is -0.996. The number of carbonyl (C=O) groups excluding carboxylic acids is 1. The number of hydrogen-bond acceptors (Lipinski definition) is 3. The van der Waals surface area contributed by atoms with Crippen molar-refractivity contribution in [2.45, 2.75) is 0 Å². The van der Waals surface area contributed by atoms with Crippen LogP contribution in [0.2, 0.25) is 5.15 Å². The third-order valence-corrected chi connectivity index (χ3v) is 2.75. The molecule has 1 aromatic heterocycles. The number of amides is 1. The molecule has 1 N–H and O–H groups in total. The van der Waals surface area contributed by atoms with E-state index >= 15 is 0 Å². The predicted molar refractivity (Wildman–Crippen MR) is 69.1 cm³/mol. The van der Waals surface area contributed by atoms with Gasteiger partial charge in [-0.3, -0.25) is 10.1 Å². The van der Waals surface area contributed by atoms with E-state index in [1.165, 1.54) is 12.3 Å². The third kappa shape index (κ3) is 3.24. The van der Waals surface area contributed by atoms with E-state index in [1.54, 1.807) is 0 Å². The monoisotopic (exact) mass is 347 g/mol. The molecule has 0 bridgehead atoms. The number of nitrogens with one attached hydrogen (secondary N) is 1. The van der Waals surface area contributed by atoms with Crippen molar-refractivity contribution in [1.29, 1.82) is 0 Å². The summed E-state index contributed by atoms with van der Waals surface area (Å²) in [5, 5.41) is 2.26. The molecule has 0 saturated heterocycles. The molecule has 0 fully saturated rings. The number of anilines is 1. The normalized spacial score (nSPS) is 10.3. The van der Waals surface area contributed by atoms with Crippen molar-refractivity contribution in [2.75, 3.05) is 5.32 Å². The molecule has 0 unspecified atom stereocenters. The molecule has 1 aromatic carbocycles. The number of nitrogens with zero attached hydrogens (tertiary/aromatic N) is 2. The van der Waals surface area contributed by atoms with E-state index in [1.807, 2.05) is 0 Å². The van der Waals surface area contributed by atoms with Gasteiger partial charge in [-0.05, 0) is 18.2 Å². The summed E-state index contributed by atoms with van der Waals surface area (Å²) >= 11 is 8.52. The molecule has 0 spiro atoms. The molecule has 4 nitrogen and oxygen atoms in total. The van der Waals surface area contributed by atoms with Crippen molar-refractivity contribution >= 4 is 39.4 Å². The second-order valence-electron chi connectivity index (χ2n) is 3.40. The van der Waals surface area contributed by atoms with Crippen molar-refractivity contribution < 1.29 is 13.6 Å². The fraction of sp³-hybridized carbons (Fsp3) is 0. The van der Waals surface area contributed by atoms with Crippen LogP contribution in [0.4, 0.5) is 14.7 Å². The quantitative estimate of drug-likeness (QED) is 0.846. The first-order valence-corrected chi connectivity index (χ1v) is 6.09. The third-order valence-electron chi connectivity index (χ3n) is 2.08. The molecule has 0 atom stereocenters. The van der Waals surface area contributed by atoms with E-state index in [0.717, 1.165) is 12.1 Å². The van der Waals surface area contributed by atoms with Crippen LogP contribution in [0.3, 0.4) is 0 Å². The van der Waals surface area contributed by atoms with Crippen molar-refractivity contribution in [2.24, 2.45) is 0 Å². The van der Waals surface area contributed by atoms with Gasteiger partial charge in [0.15, 0.2) is 0 Å². The Hall–Kier alpha value is -1.60. The molecular weight excluding hydrogens is 343 g/mol. The molecule has 2 aromatic rings. The van der Waals surface area contributed by atoms with E-state index in [0.29, 0.717) is 0 Å². The highest BCUT2D eigenvalue weighted by Gasteiger charge is 2.19. The Labute approximate surface area is 120 Å². The summed E-state index contributed by atoms with van der Waals surface area (Å²) < 4.78 is 27.3. The lowest BCUT2D eigenvalue weighted by atomic mass is 10.2. The maximum absolute atomic E-state index is 13.5. The Balaban J connectivity index is 2.31. The largest absolute Gasteiger partial charge is 0.290 e. The standard InChI is InChI=1S/C11H5BrClF2N3O/c12-5-3-6(14)9(7(15)4-5)10(19)18-11-16-2-1-8(13)17-11/h1-4H,(H,16,17,18,19). The molecule has 0 aliphatic carbocycles.